The molecule has 0 radical (unpaired) electrons. The molecule has 1 N–H and O–H groups in total. The van der Waals surface area contributed by atoms with Crippen LogP contribution in [0.5, 0.6) is 0 Å². The van der Waals surface area contributed by atoms with Crippen molar-refractivity contribution in [2.45, 2.75) is 43.9 Å². The van der Waals surface area contributed by atoms with Gasteiger partial charge in [0.1, 0.15) is 0 Å². The highest BCUT2D eigenvalue weighted by atomic mass is 32.2. The third-order valence-electron chi connectivity index (χ3n) is 6.27. The summed E-state index contributed by atoms with van der Waals surface area (Å²) in [5.74, 6) is 1.27. The van der Waals surface area contributed by atoms with Crippen molar-refractivity contribution in [1.29, 1.82) is 0 Å². The van der Waals surface area contributed by atoms with Crippen LogP contribution in [-0.2, 0) is 10.0 Å². The maximum atomic E-state index is 13.1. The molecule has 2 atom stereocenters. The van der Waals surface area contributed by atoms with Crippen LogP contribution in [0, 0.1) is 18.8 Å². The molecule has 6 heteroatoms. The van der Waals surface area contributed by atoms with Crippen LogP contribution in [0.3, 0.4) is 0 Å². The molecule has 1 saturated heterocycles. The number of amides is 1. The van der Waals surface area contributed by atoms with Gasteiger partial charge in [-0.1, -0.05) is 43.0 Å². The van der Waals surface area contributed by atoms with Crippen LogP contribution in [0.25, 0.3) is 0 Å². The van der Waals surface area contributed by atoms with E-state index in [0.29, 0.717) is 17.2 Å². The Morgan fingerprint density at radius 3 is 2.48 bits per heavy atom. The number of fused-ring (bicyclic) bond motifs is 1. The van der Waals surface area contributed by atoms with Gasteiger partial charge in [-0.2, -0.15) is 0 Å². The van der Waals surface area contributed by atoms with E-state index in [9.17, 15) is 13.2 Å². The molecule has 1 heterocycles. The zero-order chi connectivity index (χ0) is 20.4. The zero-order valence-corrected chi connectivity index (χ0v) is 17.6. The van der Waals surface area contributed by atoms with Crippen molar-refractivity contribution in [2.75, 3.05) is 17.8 Å². The fraction of sp³-hybridized carbons (Fsp3) is 0.435. The van der Waals surface area contributed by atoms with Crippen molar-refractivity contribution >= 4 is 21.6 Å². The van der Waals surface area contributed by atoms with Gasteiger partial charge in [-0.05, 0) is 61.9 Å². The van der Waals surface area contributed by atoms with E-state index in [2.05, 4.69) is 4.72 Å². The maximum absolute atomic E-state index is 13.1. The quantitative estimate of drug-likeness (QED) is 0.807. The van der Waals surface area contributed by atoms with Gasteiger partial charge in [-0.25, -0.2) is 8.42 Å². The molecule has 0 spiro atoms. The largest absolute Gasteiger partial charge is 0.338 e. The van der Waals surface area contributed by atoms with Crippen molar-refractivity contribution < 1.29 is 13.2 Å². The Morgan fingerprint density at radius 2 is 1.72 bits per heavy atom. The lowest BCUT2D eigenvalue weighted by Crippen LogP contribution is -2.44. The monoisotopic (exact) mass is 412 g/mol. The van der Waals surface area contributed by atoms with Crippen LogP contribution in [0.15, 0.2) is 53.4 Å². The summed E-state index contributed by atoms with van der Waals surface area (Å²) in [4.78, 5) is 15.1. The fourth-order valence-electron chi connectivity index (χ4n) is 4.60. The Morgan fingerprint density at radius 1 is 1.00 bits per heavy atom. The van der Waals surface area contributed by atoms with Crippen LogP contribution >= 0.6 is 0 Å². The maximum Gasteiger partial charge on any atom is 0.261 e. The number of aryl methyl sites for hydroxylation is 1. The third kappa shape index (κ3) is 4.47. The number of rotatable bonds is 4. The van der Waals surface area contributed by atoms with Crippen LogP contribution in [0.1, 0.15) is 48.0 Å². The summed E-state index contributed by atoms with van der Waals surface area (Å²) in [5.41, 5.74) is 2.00. The average Bonchev–Trinajstić information content (AvgIpc) is 2.74. The topological polar surface area (TPSA) is 66.5 Å². The molecule has 0 aromatic heterocycles. The van der Waals surface area contributed by atoms with Gasteiger partial charge in [0.2, 0.25) is 0 Å². The molecule has 2 aromatic carbocycles. The second-order valence-corrected chi connectivity index (χ2v) is 10.0. The lowest BCUT2D eigenvalue weighted by atomic mass is 9.75. The van der Waals surface area contributed by atoms with E-state index >= 15 is 0 Å². The Hall–Kier alpha value is -2.34. The van der Waals surface area contributed by atoms with Gasteiger partial charge in [0.25, 0.3) is 15.9 Å². The highest BCUT2D eigenvalue weighted by Gasteiger charge is 2.33. The van der Waals surface area contributed by atoms with Crippen LogP contribution in [0.2, 0.25) is 0 Å². The number of anilines is 1. The second-order valence-electron chi connectivity index (χ2n) is 8.34. The minimum atomic E-state index is -3.75. The Kier molecular flexibility index (Phi) is 5.63. The summed E-state index contributed by atoms with van der Waals surface area (Å²) in [5, 5.41) is 0. The summed E-state index contributed by atoms with van der Waals surface area (Å²) in [6.07, 6.45) is 6.10. The molecule has 1 amide bonds. The van der Waals surface area contributed by atoms with Crippen LogP contribution in [0.4, 0.5) is 5.69 Å². The second kappa shape index (κ2) is 8.19. The summed E-state index contributed by atoms with van der Waals surface area (Å²) in [7, 11) is -3.75. The molecule has 1 aliphatic heterocycles. The molecular weight excluding hydrogens is 384 g/mol. The lowest BCUT2D eigenvalue weighted by molar-refractivity contribution is 0.0520. The zero-order valence-electron chi connectivity index (χ0n) is 16.8. The first-order valence-electron chi connectivity index (χ1n) is 10.4. The molecule has 154 valence electrons. The smallest absolute Gasteiger partial charge is 0.261 e. The SMILES string of the molecule is Cc1ccc(NS(=O)(=O)c2cccc(C(=O)N3CC[C@H]4CCCC[C@@H]4C3)c2)cc1. The highest BCUT2D eigenvalue weighted by Crippen LogP contribution is 2.36. The van der Waals surface area contributed by atoms with Gasteiger partial charge < -0.3 is 4.90 Å². The summed E-state index contributed by atoms with van der Waals surface area (Å²) < 4.78 is 28.2. The van der Waals surface area contributed by atoms with E-state index in [1.807, 2.05) is 24.0 Å². The number of nitrogens with zero attached hydrogens (tertiary/aromatic N) is 1. The van der Waals surface area contributed by atoms with Crippen molar-refractivity contribution in [3.8, 4) is 0 Å². The molecule has 2 fully saturated rings. The van der Waals surface area contributed by atoms with Gasteiger partial charge in [0.05, 0.1) is 4.90 Å². The third-order valence-corrected chi connectivity index (χ3v) is 7.65. The molecular formula is C23H28N2O3S. The summed E-state index contributed by atoms with van der Waals surface area (Å²) >= 11 is 0. The first kappa shape index (κ1) is 20.0. The highest BCUT2D eigenvalue weighted by molar-refractivity contribution is 7.92. The molecule has 0 unspecified atom stereocenters. The molecule has 2 aliphatic rings. The molecule has 1 saturated carbocycles. The number of hydrogen-bond donors (Lipinski definition) is 1. The van der Waals surface area contributed by atoms with Crippen LogP contribution < -0.4 is 4.72 Å². The number of carbonyl (C=O) groups excluding carboxylic acids is 1. The minimum Gasteiger partial charge on any atom is -0.338 e. The lowest BCUT2D eigenvalue weighted by Gasteiger charge is -2.41. The van der Waals surface area contributed by atoms with E-state index in [1.165, 1.54) is 37.8 Å². The average molecular weight is 413 g/mol. The first-order chi connectivity index (χ1) is 13.9. The number of carbonyl (C=O) groups is 1. The standard InChI is InChI=1S/C23H28N2O3S/c1-17-9-11-21(12-10-17)24-29(27,28)22-8-4-7-19(15-22)23(26)25-14-13-18-5-2-3-6-20(18)16-25/h4,7-12,15,18,20,24H,2-3,5-6,13-14,16H2,1H3/t18-,20-/m1/s1. The number of hydrogen-bond acceptors (Lipinski definition) is 3. The van der Waals surface area contributed by atoms with Gasteiger partial charge in [-0.15, -0.1) is 0 Å². The van der Waals surface area contributed by atoms with Crippen LogP contribution in [-0.4, -0.2) is 32.3 Å². The molecule has 1 aliphatic carbocycles. The molecule has 5 nitrogen and oxygen atoms in total. The number of sulfonamides is 1. The van der Waals surface area contributed by atoms with Gasteiger partial charge in [-0.3, -0.25) is 9.52 Å². The normalized spacial score (nSPS) is 22.0. The first-order valence-corrected chi connectivity index (χ1v) is 11.9. The molecule has 0 bridgehead atoms. The number of nitrogens with one attached hydrogen (secondary N) is 1. The Balaban J connectivity index is 1.50. The van der Waals surface area contributed by atoms with Gasteiger partial charge in [0.15, 0.2) is 0 Å². The summed E-state index contributed by atoms with van der Waals surface area (Å²) in [6.45, 7) is 3.50. The van der Waals surface area contributed by atoms with Crippen molar-refractivity contribution in [2.24, 2.45) is 11.8 Å². The minimum absolute atomic E-state index is 0.0681. The summed E-state index contributed by atoms with van der Waals surface area (Å²) in [6, 6.07) is 13.5. The fourth-order valence-corrected chi connectivity index (χ4v) is 5.70. The van der Waals surface area contributed by atoms with E-state index in [1.54, 1.807) is 24.3 Å². The number of likely N-dealkylation sites (tertiary alicyclic amines) is 1. The molecule has 4 rings (SSSR count). The van der Waals surface area contributed by atoms with E-state index in [-0.39, 0.29) is 10.8 Å². The van der Waals surface area contributed by atoms with Crippen molar-refractivity contribution in [3.05, 3.63) is 59.7 Å². The van der Waals surface area contributed by atoms with Crippen molar-refractivity contribution in [3.63, 3.8) is 0 Å². The predicted octanol–water partition coefficient (Wildman–Crippen LogP) is 4.45. The molecule has 2 aromatic rings. The van der Waals surface area contributed by atoms with Gasteiger partial charge >= 0.3 is 0 Å². The Labute approximate surface area is 173 Å². The number of piperidine rings is 1. The van der Waals surface area contributed by atoms with Gasteiger partial charge in [0, 0.05) is 24.3 Å². The predicted molar refractivity (Wildman–Crippen MR) is 114 cm³/mol. The number of benzene rings is 2. The van der Waals surface area contributed by atoms with Crippen molar-refractivity contribution in [1.82, 2.24) is 4.90 Å². The van der Waals surface area contributed by atoms with E-state index in [4.69, 9.17) is 0 Å². The molecule has 29 heavy (non-hydrogen) atoms. The Bertz CT molecular complexity index is 985. The van der Waals surface area contributed by atoms with E-state index < -0.39 is 10.0 Å². The van der Waals surface area contributed by atoms with E-state index in [0.717, 1.165) is 31.0 Å².